The van der Waals surface area contributed by atoms with E-state index in [1.807, 2.05) is 30.4 Å². The van der Waals surface area contributed by atoms with Crippen LogP contribution in [0.2, 0.25) is 0 Å². The molecule has 2 N–H and O–H groups in total. The van der Waals surface area contributed by atoms with Crippen molar-refractivity contribution in [3.8, 4) is 0 Å². The highest BCUT2D eigenvalue weighted by Crippen LogP contribution is 2.55. The summed E-state index contributed by atoms with van der Waals surface area (Å²) in [5.41, 5.74) is 0. The van der Waals surface area contributed by atoms with Gasteiger partial charge in [-0.25, -0.2) is 0 Å². The van der Waals surface area contributed by atoms with Crippen molar-refractivity contribution in [2.75, 3.05) is 0 Å². The number of fused-ring (bicyclic) bond motifs is 1. The maximum Gasteiger partial charge on any atom is 0.0809 e. The molecular formula is C8H10O2S. The minimum absolute atomic E-state index is 0.104. The monoisotopic (exact) mass is 170 g/mol. The molecule has 2 unspecified atom stereocenters. The fourth-order valence-corrected chi connectivity index (χ4v) is 2.98. The predicted molar refractivity (Wildman–Crippen MR) is 47.5 cm³/mol. The Labute approximate surface area is 67.3 Å². The van der Waals surface area contributed by atoms with E-state index in [1.54, 1.807) is 0 Å². The van der Waals surface area contributed by atoms with Crippen molar-refractivity contribution in [3.05, 3.63) is 35.8 Å². The largest absolute Gasteiger partial charge is 0.295 e. The highest BCUT2D eigenvalue weighted by Gasteiger charge is 2.32. The molecule has 0 aromatic carbocycles. The lowest BCUT2D eigenvalue weighted by Crippen LogP contribution is -2.17. The summed E-state index contributed by atoms with van der Waals surface area (Å²) < 4.78 is 18.9. The Hall–Kier alpha value is -0.510. The maximum atomic E-state index is 9.46. The van der Waals surface area contributed by atoms with Gasteiger partial charge in [-0.1, -0.05) is 30.4 Å². The van der Waals surface area contributed by atoms with Gasteiger partial charge in [-0.05, 0) is 0 Å². The van der Waals surface area contributed by atoms with Crippen molar-refractivity contribution in [1.29, 1.82) is 0 Å². The summed E-state index contributed by atoms with van der Waals surface area (Å²) in [7, 11) is -2.47. The van der Waals surface area contributed by atoms with Gasteiger partial charge in [0.1, 0.15) is 0 Å². The molecule has 60 valence electrons. The number of hydrogen-bond donors (Lipinski definition) is 2. The zero-order valence-corrected chi connectivity index (χ0v) is 6.74. The first-order valence-corrected chi connectivity index (χ1v) is 5.18. The molecule has 1 aliphatic carbocycles. The highest BCUT2D eigenvalue weighted by molar-refractivity contribution is 8.27. The zero-order valence-electron chi connectivity index (χ0n) is 5.92. The van der Waals surface area contributed by atoms with Crippen molar-refractivity contribution in [1.82, 2.24) is 0 Å². The van der Waals surface area contributed by atoms with Gasteiger partial charge >= 0.3 is 0 Å². The lowest BCUT2D eigenvalue weighted by atomic mass is 10.0. The van der Waals surface area contributed by atoms with Crippen molar-refractivity contribution < 1.29 is 9.11 Å². The van der Waals surface area contributed by atoms with Crippen LogP contribution in [0.4, 0.5) is 0 Å². The van der Waals surface area contributed by atoms with Crippen LogP contribution >= 0.6 is 10.6 Å². The molecule has 3 heteroatoms. The van der Waals surface area contributed by atoms with Crippen LogP contribution in [0.1, 0.15) is 0 Å². The molecule has 2 rings (SSSR count). The second kappa shape index (κ2) is 2.24. The molecule has 0 saturated carbocycles. The molecule has 0 aromatic heterocycles. The molecule has 0 amide bonds. The van der Waals surface area contributed by atoms with Gasteiger partial charge in [0.05, 0.1) is 5.25 Å². The molecule has 0 fully saturated rings. The van der Waals surface area contributed by atoms with Gasteiger partial charge in [0.15, 0.2) is 0 Å². The molecule has 0 saturated heterocycles. The summed E-state index contributed by atoms with van der Waals surface area (Å²) in [6.45, 7) is 0. The van der Waals surface area contributed by atoms with Crippen LogP contribution in [0.15, 0.2) is 35.8 Å². The van der Waals surface area contributed by atoms with E-state index in [-0.39, 0.29) is 11.2 Å². The minimum atomic E-state index is -2.47. The molecule has 11 heavy (non-hydrogen) atoms. The average molecular weight is 170 g/mol. The molecule has 2 aliphatic rings. The first-order chi connectivity index (χ1) is 5.20. The van der Waals surface area contributed by atoms with Crippen LogP contribution in [-0.2, 0) is 0 Å². The van der Waals surface area contributed by atoms with Crippen LogP contribution in [0.25, 0.3) is 0 Å². The Bertz CT molecular complexity index is 253. The van der Waals surface area contributed by atoms with Gasteiger partial charge in [-0.15, -0.1) is 0 Å². The van der Waals surface area contributed by atoms with Gasteiger partial charge < -0.3 is 0 Å². The predicted octanol–water partition coefficient (Wildman–Crippen LogP) is 2.38. The third-order valence-corrected chi connectivity index (χ3v) is 3.86. The van der Waals surface area contributed by atoms with E-state index >= 15 is 0 Å². The average Bonchev–Trinajstić information content (AvgIpc) is 2.29. The summed E-state index contributed by atoms with van der Waals surface area (Å²) in [6, 6.07) is 0. The normalized spacial score (nSPS) is 40.5. The Kier molecular flexibility index (Phi) is 1.45. The summed E-state index contributed by atoms with van der Waals surface area (Å²) in [6.07, 6.45) is 9.51. The van der Waals surface area contributed by atoms with Crippen LogP contribution < -0.4 is 0 Å². The lowest BCUT2D eigenvalue weighted by molar-refractivity contribution is 0.488. The van der Waals surface area contributed by atoms with Crippen molar-refractivity contribution in [2.24, 2.45) is 5.92 Å². The summed E-state index contributed by atoms with van der Waals surface area (Å²) >= 11 is 0. The quantitative estimate of drug-likeness (QED) is 0.586. The second-order valence-electron chi connectivity index (χ2n) is 2.78. The fourth-order valence-electron chi connectivity index (χ4n) is 1.42. The van der Waals surface area contributed by atoms with Crippen LogP contribution in [0.5, 0.6) is 0 Å². The molecular weight excluding hydrogens is 160 g/mol. The van der Waals surface area contributed by atoms with E-state index in [0.717, 1.165) is 0 Å². The third kappa shape index (κ3) is 1.05. The number of rotatable bonds is 0. The van der Waals surface area contributed by atoms with E-state index in [2.05, 4.69) is 0 Å². The third-order valence-electron chi connectivity index (χ3n) is 2.03. The van der Waals surface area contributed by atoms with Crippen molar-refractivity contribution in [2.45, 2.75) is 5.25 Å². The fraction of sp³-hybridized carbons (Fsp3) is 0.250. The molecule has 1 heterocycles. The highest BCUT2D eigenvalue weighted by atomic mass is 32.3. The molecule has 0 bridgehead atoms. The molecule has 2 nitrogen and oxygen atoms in total. The molecule has 2 atom stereocenters. The topological polar surface area (TPSA) is 40.5 Å². The van der Waals surface area contributed by atoms with Crippen LogP contribution in [0, 0.1) is 5.92 Å². The van der Waals surface area contributed by atoms with Gasteiger partial charge in [0.2, 0.25) is 0 Å². The lowest BCUT2D eigenvalue weighted by Gasteiger charge is -2.33. The van der Waals surface area contributed by atoms with Gasteiger partial charge in [-0.3, -0.25) is 9.11 Å². The first kappa shape index (κ1) is 7.16. The Morgan fingerprint density at radius 2 is 1.73 bits per heavy atom. The van der Waals surface area contributed by atoms with E-state index < -0.39 is 10.6 Å². The van der Waals surface area contributed by atoms with Crippen molar-refractivity contribution in [3.63, 3.8) is 0 Å². The van der Waals surface area contributed by atoms with E-state index in [4.69, 9.17) is 0 Å². The SMILES string of the molecule is OS1(O)C=CC2C=CC=CC21. The van der Waals surface area contributed by atoms with E-state index in [0.29, 0.717) is 0 Å². The minimum Gasteiger partial charge on any atom is -0.295 e. The summed E-state index contributed by atoms with van der Waals surface area (Å²) in [4.78, 5) is 0. The number of allylic oxidation sites excluding steroid dienone is 4. The van der Waals surface area contributed by atoms with E-state index in [9.17, 15) is 9.11 Å². The molecule has 0 aromatic rings. The molecule has 0 radical (unpaired) electrons. The summed E-state index contributed by atoms with van der Waals surface area (Å²) in [5.74, 6) is 0.199. The standard InChI is InChI=1S/C8H10O2S/c9-11(10)6-5-7-3-1-2-4-8(7)11/h1-10H. The molecule has 1 aliphatic heterocycles. The first-order valence-electron chi connectivity index (χ1n) is 3.50. The van der Waals surface area contributed by atoms with Crippen molar-refractivity contribution >= 4 is 10.6 Å². The van der Waals surface area contributed by atoms with Gasteiger partial charge in [-0.2, -0.15) is 10.6 Å². The Morgan fingerprint density at radius 3 is 2.45 bits per heavy atom. The van der Waals surface area contributed by atoms with Crippen LogP contribution in [0.3, 0.4) is 0 Å². The second-order valence-corrected chi connectivity index (χ2v) is 4.87. The zero-order chi connectivity index (χ0) is 7.90. The van der Waals surface area contributed by atoms with Gasteiger partial charge in [0, 0.05) is 11.3 Å². The smallest absolute Gasteiger partial charge is 0.0809 e. The number of hydrogen-bond acceptors (Lipinski definition) is 2. The maximum absolute atomic E-state index is 9.46. The van der Waals surface area contributed by atoms with Gasteiger partial charge in [0.25, 0.3) is 0 Å². The Balaban J connectivity index is 2.32. The van der Waals surface area contributed by atoms with E-state index in [1.165, 1.54) is 5.41 Å². The Morgan fingerprint density at radius 1 is 1.00 bits per heavy atom. The van der Waals surface area contributed by atoms with Crippen LogP contribution in [-0.4, -0.2) is 14.4 Å². The summed E-state index contributed by atoms with van der Waals surface area (Å²) in [5, 5.41) is 1.43. The molecule has 0 spiro atoms.